The Morgan fingerprint density at radius 1 is 0.532 bits per heavy atom. The fourth-order valence-electron chi connectivity index (χ4n) is 5.87. The molecule has 0 heterocycles. The Kier molecular flexibility index (Phi) is 30.3. The van der Waals surface area contributed by atoms with Crippen molar-refractivity contribution in [2.75, 3.05) is 13.2 Å². The zero-order valence-electron chi connectivity index (χ0n) is 31.9. The predicted molar refractivity (Wildman–Crippen MR) is 196 cm³/mol. The number of unbranched alkanes of at least 4 members (excludes halogenated alkanes) is 18. The second kappa shape index (κ2) is 31.5. The number of carbonyl (C=O) groups excluding carboxylic acids is 3. The van der Waals surface area contributed by atoms with Gasteiger partial charge in [0.15, 0.2) is 0 Å². The molecule has 0 aromatic carbocycles. The molecule has 0 aliphatic heterocycles. The fraction of sp³-hybridized carbons (Fsp3) is 0.925. The van der Waals surface area contributed by atoms with Crippen molar-refractivity contribution in [1.29, 1.82) is 0 Å². The van der Waals surface area contributed by atoms with E-state index in [1.165, 1.54) is 109 Å². The molecule has 0 aliphatic carbocycles. The standard InChI is InChI=1S/C40H77NO6/c1-7-10-13-16-19-20-21-24-27-30-37(42)45-33-31-36(41-39(44)47-40(4,5)6)32-34-46-38(43)35(28-25-22-17-14-11-8-2)29-26-23-18-15-12-9-3/h35-36H,7-34H2,1-6H3,(H,41,44). The smallest absolute Gasteiger partial charge is 0.407 e. The van der Waals surface area contributed by atoms with E-state index < -0.39 is 11.7 Å². The molecule has 0 fully saturated rings. The molecule has 1 atom stereocenters. The minimum Gasteiger partial charge on any atom is -0.466 e. The number of amides is 1. The Balaban J connectivity index is 4.76. The number of esters is 2. The van der Waals surface area contributed by atoms with Gasteiger partial charge in [-0.25, -0.2) is 4.79 Å². The molecule has 0 radical (unpaired) electrons. The minimum atomic E-state index is -0.622. The van der Waals surface area contributed by atoms with E-state index in [1.54, 1.807) is 0 Å². The molecular weight excluding hydrogens is 590 g/mol. The maximum absolute atomic E-state index is 13.2. The van der Waals surface area contributed by atoms with E-state index in [0.717, 1.165) is 38.5 Å². The van der Waals surface area contributed by atoms with Crippen LogP contribution in [-0.2, 0) is 23.8 Å². The molecule has 0 aromatic rings. The van der Waals surface area contributed by atoms with E-state index >= 15 is 0 Å². The molecule has 0 aromatic heterocycles. The largest absolute Gasteiger partial charge is 0.466 e. The van der Waals surface area contributed by atoms with Gasteiger partial charge in [-0.2, -0.15) is 0 Å². The second-order valence-corrected chi connectivity index (χ2v) is 14.7. The van der Waals surface area contributed by atoms with E-state index in [9.17, 15) is 14.4 Å². The van der Waals surface area contributed by atoms with Gasteiger partial charge in [0.25, 0.3) is 0 Å². The lowest BCUT2D eigenvalue weighted by atomic mass is 9.94. The lowest BCUT2D eigenvalue weighted by molar-refractivity contribution is -0.149. The van der Waals surface area contributed by atoms with Crippen LogP contribution < -0.4 is 5.32 Å². The summed E-state index contributed by atoms with van der Waals surface area (Å²) in [5, 5.41) is 2.91. The van der Waals surface area contributed by atoms with Crippen LogP contribution in [0.2, 0.25) is 0 Å². The highest BCUT2D eigenvalue weighted by Crippen LogP contribution is 2.21. The third-order valence-electron chi connectivity index (χ3n) is 8.79. The average Bonchev–Trinajstić information content (AvgIpc) is 3.01. The van der Waals surface area contributed by atoms with Gasteiger partial charge in [-0.15, -0.1) is 0 Å². The van der Waals surface area contributed by atoms with E-state index in [-0.39, 0.29) is 37.1 Å². The first-order chi connectivity index (χ1) is 22.6. The third-order valence-corrected chi connectivity index (χ3v) is 8.79. The maximum Gasteiger partial charge on any atom is 0.407 e. The minimum absolute atomic E-state index is 0.0633. The average molecular weight is 668 g/mol. The lowest BCUT2D eigenvalue weighted by Crippen LogP contribution is -2.40. The van der Waals surface area contributed by atoms with Crippen molar-refractivity contribution in [2.45, 2.75) is 220 Å². The molecule has 278 valence electrons. The fourth-order valence-corrected chi connectivity index (χ4v) is 5.87. The van der Waals surface area contributed by atoms with Gasteiger partial charge in [0, 0.05) is 25.3 Å². The van der Waals surface area contributed by atoms with Crippen molar-refractivity contribution in [1.82, 2.24) is 5.32 Å². The molecule has 1 unspecified atom stereocenters. The normalized spacial score (nSPS) is 12.2. The van der Waals surface area contributed by atoms with Crippen molar-refractivity contribution >= 4 is 18.0 Å². The SMILES string of the molecule is CCCCCCCCCCCC(=O)OCCC(CCOC(=O)C(CCCCCCCC)CCCCCCCC)NC(=O)OC(C)(C)C. The Bertz CT molecular complexity index is 733. The Morgan fingerprint density at radius 3 is 1.38 bits per heavy atom. The summed E-state index contributed by atoms with van der Waals surface area (Å²) in [5.74, 6) is -0.371. The Morgan fingerprint density at radius 2 is 0.936 bits per heavy atom. The van der Waals surface area contributed by atoms with E-state index in [2.05, 4.69) is 26.1 Å². The van der Waals surface area contributed by atoms with Gasteiger partial charge in [-0.1, -0.05) is 149 Å². The summed E-state index contributed by atoms with van der Waals surface area (Å²) < 4.78 is 16.8. The molecule has 0 aliphatic rings. The van der Waals surface area contributed by atoms with Gasteiger partial charge in [-0.3, -0.25) is 9.59 Å². The number of carbonyl (C=O) groups is 3. The zero-order valence-corrected chi connectivity index (χ0v) is 31.9. The van der Waals surface area contributed by atoms with Gasteiger partial charge < -0.3 is 19.5 Å². The molecule has 0 saturated carbocycles. The van der Waals surface area contributed by atoms with E-state index in [0.29, 0.717) is 19.3 Å². The molecule has 0 spiro atoms. The first-order valence-corrected chi connectivity index (χ1v) is 19.9. The maximum atomic E-state index is 13.2. The number of hydrogen-bond acceptors (Lipinski definition) is 6. The molecule has 7 nitrogen and oxygen atoms in total. The van der Waals surface area contributed by atoms with Crippen molar-refractivity contribution in [3.8, 4) is 0 Å². The van der Waals surface area contributed by atoms with Crippen molar-refractivity contribution < 1.29 is 28.6 Å². The zero-order chi connectivity index (χ0) is 35.0. The van der Waals surface area contributed by atoms with Gasteiger partial charge in [0.1, 0.15) is 5.60 Å². The summed E-state index contributed by atoms with van der Waals surface area (Å²) >= 11 is 0. The summed E-state index contributed by atoms with van der Waals surface area (Å²) in [6.07, 6.45) is 27.9. The first kappa shape index (κ1) is 45.2. The summed E-state index contributed by atoms with van der Waals surface area (Å²) in [6.45, 7) is 12.6. The van der Waals surface area contributed by atoms with Gasteiger partial charge in [0.05, 0.1) is 19.1 Å². The summed E-state index contributed by atoms with van der Waals surface area (Å²) in [6, 6.07) is -0.325. The van der Waals surface area contributed by atoms with Gasteiger partial charge in [-0.05, 0) is 40.0 Å². The molecule has 0 rings (SSSR count). The topological polar surface area (TPSA) is 90.9 Å². The van der Waals surface area contributed by atoms with E-state index in [4.69, 9.17) is 14.2 Å². The molecule has 47 heavy (non-hydrogen) atoms. The van der Waals surface area contributed by atoms with Crippen LogP contribution in [-0.4, -0.2) is 42.9 Å². The number of nitrogens with one attached hydrogen (secondary N) is 1. The molecule has 7 heteroatoms. The second-order valence-electron chi connectivity index (χ2n) is 14.7. The number of ether oxygens (including phenoxy) is 3. The summed E-state index contributed by atoms with van der Waals surface area (Å²) in [4.78, 5) is 38.1. The molecular formula is C40H77NO6. The van der Waals surface area contributed by atoms with Crippen molar-refractivity contribution in [3.63, 3.8) is 0 Å². The number of hydrogen-bond donors (Lipinski definition) is 1. The predicted octanol–water partition coefficient (Wildman–Crippen LogP) is 11.8. The highest BCUT2D eigenvalue weighted by Gasteiger charge is 2.22. The number of alkyl carbamates (subject to hydrolysis) is 1. The van der Waals surface area contributed by atoms with E-state index in [1.807, 2.05) is 20.8 Å². The molecule has 0 bridgehead atoms. The molecule has 1 amide bonds. The molecule has 0 saturated heterocycles. The van der Waals surface area contributed by atoms with Crippen LogP contribution in [0.5, 0.6) is 0 Å². The van der Waals surface area contributed by atoms with Gasteiger partial charge >= 0.3 is 18.0 Å². The van der Waals surface area contributed by atoms with Crippen molar-refractivity contribution in [3.05, 3.63) is 0 Å². The van der Waals surface area contributed by atoms with Crippen LogP contribution >= 0.6 is 0 Å². The summed E-state index contributed by atoms with van der Waals surface area (Å²) in [7, 11) is 0. The number of rotatable bonds is 32. The van der Waals surface area contributed by atoms with Crippen LogP contribution in [0.3, 0.4) is 0 Å². The Labute approximate surface area is 290 Å². The molecule has 1 N–H and O–H groups in total. The Hall–Kier alpha value is -1.79. The summed E-state index contributed by atoms with van der Waals surface area (Å²) in [5.41, 5.74) is -0.622. The van der Waals surface area contributed by atoms with Crippen molar-refractivity contribution in [2.24, 2.45) is 5.92 Å². The van der Waals surface area contributed by atoms with Crippen LogP contribution in [0, 0.1) is 5.92 Å². The van der Waals surface area contributed by atoms with Crippen LogP contribution in [0.15, 0.2) is 0 Å². The van der Waals surface area contributed by atoms with Crippen LogP contribution in [0.1, 0.15) is 208 Å². The first-order valence-electron chi connectivity index (χ1n) is 19.9. The monoisotopic (exact) mass is 668 g/mol. The van der Waals surface area contributed by atoms with Crippen LogP contribution in [0.25, 0.3) is 0 Å². The highest BCUT2D eigenvalue weighted by atomic mass is 16.6. The highest BCUT2D eigenvalue weighted by molar-refractivity contribution is 5.72. The lowest BCUT2D eigenvalue weighted by Gasteiger charge is -2.24. The van der Waals surface area contributed by atoms with Gasteiger partial charge in [0.2, 0.25) is 0 Å². The quantitative estimate of drug-likeness (QED) is 0.0436. The third kappa shape index (κ3) is 31.2. The van der Waals surface area contributed by atoms with Crippen LogP contribution in [0.4, 0.5) is 4.79 Å².